The molecular formula is C22H22FN3O2. The number of rotatable bonds is 7. The standard InChI is InChI=1S/C22H22FN3O2/c1-3-28-17-12-10-16(11-13-17)15-26(2)22(27)18-7-6-14-24-21(18)25-20-9-5-4-8-19(20)23/h4-14H,3,15H2,1-2H3,(H,24,25). The molecule has 0 radical (unpaired) electrons. The van der Waals surface area contributed by atoms with Gasteiger partial charge in [0.25, 0.3) is 5.91 Å². The zero-order chi connectivity index (χ0) is 19.9. The molecule has 3 rings (SSSR count). The number of benzene rings is 2. The minimum Gasteiger partial charge on any atom is -0.494 e. The molecule has 0 bridgehead atoms. The van der Waals surface area contributed by atoms with Crippen LogP contribution in [-0.4, -0.2) is 29.4 Å². The fraction of sp³-hybridized carbons (Fsp3) is 0.182. The van der Waals surface area contributed by atoms with Crippen LogP contribution >= 0.6 is 0 Å². The van der Waals surface area contributed by atoms with Gasteiger partial charge in [0.05, 0.1) is 17.9 Å². The van der Waals surface area contributed by atoms with Crippen LogP contribution in [0.25, 0.3) is 0 Å². The van der Waals surface area contributed by atoms with E-state index in [-0.39, 0.29) is 11.6 Å². The lowest BCUT2D eigenvalue weighted by molar-refractivity contribution is 0.0785. The van der Waals surface area contributed by atoms with Crippen molar-refractivity contribution < 1.29 is 13.9 Å². The molecule has 0 atom stereocenters. The minimum atomic E-state index is -0.408. The summed E-state index contributed by atoms with van der Waals surface area (Å²) in [6.07, 6.45) is 1.56. The Bertz CT molecular complexity index is 945. The third-order valence-corrected chi connectivity index (χ3v) is 4.17. The molecule has 0 saturated carbocycles. The number of carbonyl (C=O) groups excluding carboxylic acids is 1. The average Bonchev–Trinajstić information content (AvgIpc) is 2.71. The average molecular weight is 379 g/mol. The summed E-state index contributed by atoms with van der Waals surface area (Å²) in [6.45, 7) is 2.97. The normalized spacial score (nSPS) is 10.4. The van der Waals surface area contributed by atoms with Crippen molar-refractivity contribution >= 4 is 17.4 Å². The molecule has 0 saturated heterocycles. The Morgan fingerprint density at radius 2 is 1.86 bits per heavy atom. The molecular weight excluding hydrogens is 357 g/mol. The second-order valence-corrected chi connectivity index (χ2v) is 6.24. The number of nitrogens with zero attached hydrogens (tertiary/aromatic N) is 2. The molecule has 0 aliphatic rings. The van der Waals surface area contributed by atoms with Crippen LogP contribution in [-0.2, 0) is 6.54 Å². The Morgan fingerprint density at radius 1 is 1.11 bits per heavy atom. The second-order valence-electron chi connectivity index (χ2n) is 6.24. The molecule has 0 aliphatic heterocycles. The number of amides is 1. The summed E-state index contributed by atoms with van der Waals surface area (Å²) in [5.41, 5.74) is 1.62. The molecule has 0 spiro atoms. The summed E-state index contributed by atoms with van der Waals surface area (Å²) in [5.74, 6) is 0.495. The first-order chi connectivity index (χ1) is 13.6. The van der Waals surface area contributed by atoms with E-state index >= 15 is 0 Å². The van der Waals surface area contributed by atoms with E-state index in [2.05, 4.69) is 10.3 Å². The van der Waals surface area contributed by atoms with E-state index in [9.17, 15) is 9.18 Å². The smallest absolute Gasteiger partial charge is 0.257 e. The summed E-state index contributed by atoms with van der Waals surface area (Å²) in [6, 6.07) is 17.2. The number of halogens is 1. The fourth-order valence-electron chi connectivity index (χ4n) is 2.78. The van der Waals surface area contributed by atoms with Gasteiger partial charge in [0.1, 0.15) is 17.4 Å². The lowest BCUT2D eigenvalue weighted by Crippen LogP contribution is -2.27. The van der Waals surface area contributed by atoms with Gasteiger partial charge in [-0.05, 0) is 48.9 Å². The van der Waals surface area contributed by atoms with E-state index in [1.807, 2.05) is 31.2 Å². The topological polar surface area (TPSA) is 54.5 Å². The number of hydrogen-bond acceptors (Lipinski definition) is 4. The molecule has 5 nitrogen and oxygen atoms in total. The van der Waals surface area contributed by atoms with E-state index in [0.29, 0.717) is 24.5 Å². The van der Waals surface area contributed by atoms with Gasteiger partial charge in [0, 0.05) is 19.8 Å². The van der Waals surface area contributed by atoms with Crippen molar-refractivity contribution in [1.82, 2.24) is 9.88 Å². The zero-order valence-electron chi connectivity index (χ0n) is 15.9. The molecule has 1 heterocycles. The van der Waals surface area contributed by atoms with Gasteiger partial charge in [-0.25, -0.2) is 9.37 Å². The highest BCUT2D eigenvalue weighted by molar-refractivity contribution is 5.99. The van der Waals surface area contributed by atoms with Gasteiger partial charge < -0.3 is 15.0 Å². The molecule has 1 N–H and O–H groups in total. The van der Waals surface area contributed by atoms with Crippen molar-refractivity contribution in [3.63, 3.8) is 0 Å². The van der Waals surface area contributed by atoms with Gasteiger partial charge in [-0.3, -0.25) is 4.79 Å². The van der Waals surface area contributed by atoms with Crippen LogP contribution in [0.1, 0.15) is 22.8 Å². The molecule has 2 aromatic carbocycles. The first-order valence-electron chi connectivity index (χ1n) is 9.02. The number of anilines is 2. The van der Waals surface area contributed by atoms with Crippen LogP contribution < -0.4 is 10.1 Å². The number of carbonyl (C=O) groups is 1. The lowest BCUT2D eigenvalue weighted by Gasteiger charge is -2.19. The third kappa shape index (κ3) is 4.65. The van der Waals surface area contributed by atoms with Gasteiger partial charge in [-0.2, -0.15) is 0 Å². The maximum atomic E-state index is 13.9. The number of ether oxygens (including phenoxy) is 1. The second kappa shape index (κ2) is 8.99. The molecule has 1 amide bonds. The minimum absolute atomic E-state index is 0.208. The van der Waals surface area contributed by atoms with E-state index in [4.69, 9.17) is 4.74 Å². The van der Waals surface area contributed by atoms with Crippen molar-refractivity contribution in [3.8, 4) is 5.75 Å². The van der Waals surface area contributed by atoms with E-state index in [0.717, 1.165) is 11.3 Å². The van der Waals surface area contributed by atoms with E-state index in [1.165, 1.54) is 6.07 Å². The van der Waals surface area contributed by atoms with Gasteiger partial charge in [-0.1, -0.05) is 24.3 Å². The monoisotopic (exact) mass is 379 g/mol. The highest BCUT2D eigenvalue weighted by Gasteiger charge is 2.18. The van der Waals surface area contributed by atoms with Crippen LogP contribution in [0.15, 0.2) is 66.9 Å². The van der Waals surface area contributed by atoms with Crippen molar-refractivity contribution in [2.45, 2.75) is 13.5 Å². The van der Waals surface area contributed by atoms with Crippen molar-refractivity contribution in [2.75, 3.05) is 19.0 Å². The molecule has 144 valence electrons. The van der Waals surface area contributed by atoms with Gasteiger partial charge in [0.15, 0.2) is 0 Å². The molecule has 1 aromatic heterocycles. The first kappa shape index (κ1) is 19.4. The first-order valence-corrected chi connectivity index (χ1v) is 9.02. The molecule has 0 aliphatic carbocycles. The molecule has 3 aromatic rings. The Morgan fingerprint density at radius 3 is 2.57 bits per heavy atom. The van der Waals surface area contributed by atoms with Crippen LogP contribution in [0.3, 0.4) is 0 Å². The largest absolute Gasteiger partial charge is 0.494 e. The predicted molar refractivity (Wildman–Crippen MR) is 107 cm³/mol. The number of aromatic nitrogens is 1. The molecule has 28 heavy (non-hydrogen) atoms. The number of nitrogens with one attached hydrogen (secondary N) is 1. The van der Waals surface area contributed by atoms with Crippen LogP contribution in [0.2, 0.25) is 0 Å². The molecule has 6 heteroatoms. The number of para-hydroxylation sites is 1. The number of pyridine rings is 1. The van der Waals surface area contributed by atoms with Gasteiger partial charge >= 0.3 is 0 Å². The van der Waals surface area contributed by atoms with Crippen molar-refractivity contribution in [1.29, 1.82) is 0 Å². The Hall–Kier alpha value is -3.41. The highest BCUT2D eigenvalue weighted by Crippen LogP contribution is 2.22. The molecule has 0 unspecified atom stereocenters. The summed E-state index contributed by atoms with van der Waals surface area (Å²) >= 11 is 0. The lowest BCUT2D eigenvalue weighted by atomic mass is 10.1. The SMILES string of the molecule is CCOc1ccc(CN(C)C(=O)c2cccnc2Nc2ccccc2F)cc1. The van der Waals surface area contributed by atoms with Crippen LogP contribution in [0, 0.1) is 5.82 Å². The maximum Gasteiger partial charge on any atom is 0.257 e. The zero-order valence-corrected chi connectivity index (χ0v) is 15.9. The maximum absolute atomic E-state index is 13.9. The summed E-state index contributed by atoms with van der Waals surface area (Å²) in [5, 5.41) is 2.91. The quantitative estimate of drug-likeness (QED) is 0.650. The third-order valence-electron chi connectivity index (χ3n) is 4.17. The Labute approximate surface area is 163 Å². The van der Waals surface area contributed by atoms with Gasteiger partial charge in [0.2, 0.25) is 0 Å². The van der Waals surface area contributed by atoms with Crippen molar-refractivity contribution in [3.05, 3.63) is 83.8 Å². The summed E-state index contributed by atoms with van der Waals surface area (Å²) in [4.78, 5) is 18.8. The van der Waals surface area contributed by atoms with Crippen LogP contribution in [0.4, 0.5) is 15.9 Å². The molecule has 0 fully saturated rings. The Balaban J connectivity index is 1.75. The predicted octanol–water partition coefficient (Wildman–Crippen LogP) is 4.64. The Kier molecular flexibility index (Phi) is 6.22. The number of hydrogen-bond donors (Lipinski definition) is 1. The van der Waals surface area contributed by atoms with E-state index < -0.39 is 5.82 Å². The van der Waals surface area contributed by atoms with Gasteiger partial charge in [-0.15, -0.1) is 0 Å². The summed E-state index contributed by atoms with van der Waals surface area (Å²) < 4.78 is 19.4. The summed E-state index contributed by atoms with van der Waals surface area (Å²) in [7, 11) is 1.72. The van der Waals surface area contributed by atoms with Crippen LogP contribution in [0.5, 0.6) is 5.75 Å². The van der Waals surface area contributed by atoms with Crippen molar-refractivity contribution in [2.24, 2.45) is 0 Å². The highest BCUT2D eigenvalue weighted by atomic mass is 19.1. The van der Waals surface area contributed by atoms with E-state index in [1.54, 1.807) is 48.5 Å². The fourth-order valence-corrected chi connectivity index (χ4v) is 2.78.